The summed E-state index contributed by atoms with van der Waals surface area (Å²) in [5, 5.41) is 6.12. The average molecular weight is 444 g/mol. The molecule has 33 heavy (non-hydrogen) atoms. The number of carbonyl (C=O) groups is 2. The highest BCUT2D eigenvalue weighted by Gasteiger charge is 2.34. The minimum Gasteiger partial charge on any atom is -0.467 e. The predicted molar refractivity (Wildman–Crippen MR) is 128 cm³/mol. The molecule has 2 aromatic rings. The standard InChI is InChI=1S/C27H29N3O3/c1-27(2,28)24(26(32)33-3)30-25(31)22-14-12-20(13-15-22)7-5-4-6-19-8-10-21(11-9-19)18-29-23-16-17-23/h8-15,23-24,29H,16-18,28H2,1-3H3,(H,30,31). The Morgan fingerprint density at radius 3 is 2.06 bits per heavy atom. The summed E-state index contributed by atoms with van der Waals surface area (Å²) in [5.41, 5.74) is 8.30. The van der Waals surface area contributed by atoms with E-state index in [1.807, 2.05) is 12.1 Å². The second-order valence-corrected chi connectivity index (χ2v) is 8.68. The van der Waals surface area contributed by atoms with Crippen LogP contribution in [-0.2, 0) is 16.1 Å². The molecule has 2 aromatic carbocycles. The number of benzene rings is 2. The van der Waals surface area contributed by atoms with Crippen LogP contribution in [0.2, 0.25) is 0 Å². The number of hydrogen-bond acceptors (Lipinski definition) is 5. The van der Waals surface area contributed by atoms with Crippen LogP contribution < -0.4 is 16.4 Å². The van der Waals surface area contributed by atoms with Gasteiger partial charge < -0.3 is 21.1 Å². The van der Waals surface area contributed by atoms with Gasteiger partial charge in [0.05, 0.1) is 7.11 Å². The molecule has 1 aliphatic carbocycles. The fourth-order valence-corrected chi connectivity index (χ4v) is 3.05. The smallest absolute Gasteiger partial charge is 0.330 e. The minimum atomic E-state index is -0.972. The van der Waals surface area contributed by atoms with Crippen LogP contribution in [0.1, 0.15) is 53.7 Å². The number of amides is 1. The summed E-state index contributed by atoms with van der Waals surface area (Å²) in [6.07, 6.45) is 2.56. The van der Waals surface area contributed by atoms with E-state index in [1.54, 1.807) is 38.1 Å². The quantitative estimate of drug-likeness (QED) is 0.451. The first-order chi connectivity index (χ1) is 15.8. The van der Waals surface area contributed by atoms with Gasteiger partial charge in [0.25, 0.3) is 5.91 Å². The average Bonchev–Trinajstić information content (AvgIpc) is 3.63. The fraction of sp³-hybridized carbons (Fsp3) is 0.333. The third-order valence-corrected chi connectivity index (χ3v) is 5.21. The lowest BCUT2D eigenvalue weighted by atomic mass is 9.95. The van der Waals surface area contributed by atoms with E-state index in [9.17, 15) is 9.59 Å². The van der Waals surface area contributed by atoms with Crippen LogP contribution in [0.3, 0.4) is 0 Å². The molecule has 1 saturated carbocycles. The summed E-state index contributed by atoms with van der Waals surface area (Å²) >= 11 is 0. The van der Waals surface area contributed by atoms with Crippen LogP contribution >= 0.6 is 0 Å². The summed E-state index contributed by atoms with van der Waals surface area (Å²) in [6.45, 7) is 4.18. The van der Waals surface area contributed by atoms with Crippen LogP contribution in [0.25, 0.3) is 0 Å². The Bertz CT molecular complexity index is 1100. The third kappa shape index (κ3) is 7.50. The molecule has 0 saturated heterocycles. The molecule has 0 bridgehead atoms. The van der Waals surface area contributed by atoms with Gasteiger partial charge in [-0.2, -0.15) is 0 Å². The van der Waals surface area contributed by atoms with Crippen molar-refractivity contribution in [2.24, 2.45) is 5.73 Å². The van der Waals surface area contributed by atoms with Crippen molar-refractivity contribution in [1.82, 2.24) is 10.6 Å². The maximum absolute atomic E-state index is 12.5. The van der Waals surface area contributed by atoms with Crippen molar-refractivity contribution in [2.75, 3.05) is 7.11 Å². The van der Waals surface area contributed by atoms with Crippen LogP contribution in [0.4, 0.5) is 0 Å². The lowest BCUT2D eigenvalue weighted by Gasteiger charge is -2.28. The first-order valence-electron chi connectivity index (χ1n) is 10.9. The Morgan fingerprint density at radius 1 is 1.03 bits per heavy atom. The highest BCUT2D eigenvalue weighted by atomic mass is 16.5. The molecule has 0 aromatic heterocycles. The van der Waals surface area contributed by atoms with Gasteiger partial charge in [-0.1, -0.05) is 24.0 Å². The van der Waals surface area contributed by atoms with Crippen molar-refractivity contribution in [2.45, 2.75) is 50.9 Å². The first kappa shape index (κ1) is 24.1. The summed E-state index contributed by atoms with van der Waals surface area (Å²) in [7, 11) is 1.26. The maximum Gasteiger partial charge on any atom is 0.330 e. The molecule has 0 radical (unpaired) electrons. The molecule has 0 spiro atoms. The van der Waals surface area contributed by atoms with Crippen molar-refractivity contribution in [3.8, 4) is 23.7 Å². The van der Waals surface area contributed by atoms with Crippen LogP contribution in [0.5, 0.6) is 0 Å². The summed E-state index contributed by atoms with van der Waals surface area (Å²) in [5.74, 6) is 10.7. The first-order valence-corrected chi connectivity index (χ1v) is 10.9. The molecule has 1 amide bonds. The Hall–Kier alpha value is -3.58. The monoisotopic (exact) mass is 443 g/mol. The van der Waals surface area contributed by atoms with Crippen LogP contribution in [0, 0.1) is 23.7 Å². The van der Waals surface area contributed by atoms with E-state index >= 15 is 0 Å². The van der Waals surface area contributed by atoms with E-state index in [-0.39, 0.29) is 0 Å². The molecule has 1 aliphatic rings. The molecule has 0 aliphatic heterocycles. The highest BCUT2D eigenvalue weighted by Crippen LogP contribution is 2.19. The molecule has 6 nitrogen and oxygen atoms in total. The topological polar surface area (TPSA) is 93.4 Å². The largest absolute Gasteiger partial charge is 0.467 e. The Labute approximate surface area is 195 Å². The summed E-state index contributed by atoms with van der Waals surface area (Å²) in [4.78, 5) is 24.5. The third-order valence-electron chi connectivity index (χ3n) is 5.21. The van der Waals surface area contributed by atoms with E-state index in [1.165, 1.54) is 25.5 Å². The van der Waals surface area contributed by atoms with Crippen molar-refractivity contribution in [3.05, 3.63) is 70.8 Å². The molecule has 170 valence electrons. The molecule has 1 atom stereocenters. The van der Waals surface area contributed by atoms with Gasteiger partial charge in [0.1, 0.15) is 6.04 Å². The van der Waals surface area contributed by atoms with Crippen molar-refractivity contribution < 1.29 is 14.3 Å². The number of rotatable bonds is 7. The molecule has 1 unspecified atom stereocenters. The molecule has 1 fully saturated rings. The van der Waals surface area contributed by atoms with Crippen LogP contribution in [0.15, 0.2) is 48.5 Å². The zero-order valence-electron chi connectivity index (χ0n) is 19.2. The normalized spacial score (nSPS) is 13.6. The van der Waals surface area contributed by atoms with Gasteiger partial charge in [-0.25, -0.2) is 4.79 Å². The van der Waals surface area contributed by atoms with Gasteiger partial charge >= 0.3 is 5.97 Å². The lowest BCUT2D eigenvalue weighted by molar-refractivity contribution is -0.144. The maximum atomic E-state index is 12.5. The van der Waals surface area contributed by atoms with Gasteiger partial charge in [-0.05, 0) is 80.5 Å². The van der Waals surface area contributed by atoms with E-state index < -0.39 is 23.5 Å². The molecular weight excluding hydrogens is 414 g/mol. The number of carbonyl (C=O) groups excluding carboxylic acids is 2. The Balaban J connectivity index is 1.57. The zero-order valence-corrected chi connectivity index (χ0v) is 19.2. The fourth-order valence-electron chi connectivity index (χ4n) is 3.05. The molecular formula is C27H29N3O3. The summed E-state index contributed by atoms with van der Waals surface area (Å²) in [6, 6.07) is 14.6. The van der Waals surface area contributed by atoms with Gasteiger partial charge in [0.2, 0.25) is 0 Å². The lowest BCUT2D eigenvalue weighted by Crippen LogP contribution is -2.59. The number of nitrogens with one attached hydrogen (secondary N) is 2. The predicted octanol–water partition coefficient (Wildman–Crippen LogP) is 2.35. The highest BCUT2D eigenvalue weighted by molar-refractivity contribution is 5.97. The van der Waals surface area contributed by atoms with Gasteiger partial charge in [-0.15, -0.1) is 0 Å². The number of esters is 1. The van der Waals surface area contributed by atoms with Crippen molar-refractivity contribution in [1.29, 1.82) is 0 Å². The van der Waals surface area contributed by atoms with E-state index in [0.717, 1.165) is 17.7 Å². The molecule has 3 rings (SSSR count). The second kappa shape index (κ2) is 10.8. The van der Waals surface area contributed by atoms with E-state index in [2.05, 4.69) is 46.4 Å². The SMILES string of the molecule is COC(=O)C(NC(=O)c1ccc(C#CC#Cc2ccc(CNC3CC3)cc2)cc1)C(C)(C)N. The second-order valence-electron chi connectivity index (χ2n) is 8.68. The minimum absolute atomic E-state index is 0.390. The molecule has 6 heteroatoms. The number of methoxy groups -OCH3 is 1. The van der Waals surface area contributed by atoms with E-state index in [0.29, 0.717) is 11.6 Å². The van der Waals surface area contributed by atoms with Gasteiger partial charge in [-0.3, -0.25) is 4.79 Å². The Kier molecular flexibility index (Phi) is 7.90. The summed E-state index contributed by atoms with van der Waals surface area (Å²) < 4.78 is 4.74. The Morgan fingerprint density at radius 2 is 1.58 bits per heavy atom. The van der Waals surface area contributed by atoms with Crippen LogP contribution in [-0.4, -0.2) is 36.6 Å². The zero-order chi connectivity index (χ0) is 23.8. The number of nitrogens with two attached hydrogens (primary N) is 1. The molecule has 0 heterocycles. The number of ether oxygens (including phenoxy) is 1. The number of hydrogen-bond donors (Lipinski definition) is 3. The van der Waals surface area contributed by atoms with Gasteiger partial charge in [0, 0.05) is 34.8 Å². The van der Waals surface area contributed by atoms with Crippen molar-refractivity contribution >= 4 is 11.9 Å². The van der Waals surface area contributed by atoms with E-state index in [4.69, 9.17) is 10.5 Å². The molecule has 4 N–H and O–H groups in total. The van der Waals surface area contributed by atoms with Crippen molar-refractivity contribution in [3.63, 3.8) is 0 Å². The van der Waals surface area contributed by atoms with Gasteiger partial charge in [0.15, 0.2) is 0 Å².